The van der Waals surface area contributed by atoms with Crippen LogP contribution in [0.2, 0.25) is 5.02 Å². The fourth-order valence-corrected chi connectivity index (χ4v) is 4.86. The highest BCUT2D eigenvalue weighted by Gasteiger charge is 2.30. The van der Waals surface area contributed by atoms with Crippen LogP contribution in [0.3, 0.4) is 0 Å². The molecule has 8 heteroatoms. The summed E-state index contributed by atoms with van der Waals surface area (Å²) in [5.74, 6) is 1.08. The normalized spacial score (nSPS) is 20.0. The maximum absolute atomic E-state index is 12.6. The predicted molar refractivity (Wildman–Crippen MR) is 114 cm³/mol. The molecule has 29 heavy (non-hydrogen) atoms. The van der Waals surface area contributed by atoms with Crippen LogP contribution >= 0.6 is 22.9 Å². The smallest absolute Gasteiger partial charge is 0.255 e. The van der Waals surface area contributed by atoms with Crippen molar-refractivity contribution in [2.75, 3.05) is 13.7 Å². The number of halogens is 1. The van der Waals surface area contributed by atoms with E-state index < -0.39 is 0 Å². The average molecular weight is 436 g/mol. The molecule has 1 aromatic heterocycles. The number of thiazole rings is 1. The molecule has 1 heterocycles. The van der Waals surface area contributed by atoms with Gasteiger partial charge in [0.05, 0.1) is 18.7 Å². The monoisotopic (exact) mass is 435 g/mol. The van der Waals surface area contributed by atoms with Crippen LogP contribution in [0.15, 0.2) is 29.8 Å². The molecule has 0 spiro atoms. The summed E-state index contributed by atoms with van der Waals surface area (Å²) in [4.78, 5) is 28.6. The molecule has 0 bridgehead atoms. The molecule has 1 aromatic carbocycles. The summed E-state index contributed by atoms with van der Waals surface area (Å²) in [6, 6.07) is 4.99. The zero-order valence-corrected chi connectivity index (χ0v) is 18.2. The Kier molecular flexibility index (Phi) is 7.50. The summed E-state index contributed by atoms with van der Waals surface area (Å²) in [5, 5.41) is 9.49. The largest absolute Gasteiger partial charge is 0.496 e. The minimum absolute atomic E-state index is 0.0289. The summed E-state index contributed by atoms with van der Waals surface area (Å²) in [5.41, 5.74) is 0.447. The summed E-state index contributed by atoms with van der Waals surface area (Å²) in [6.07, 6.45) is 5.76. The second-order valence-corrected chi connectivity index (χ2v) is 8.75. The van der Waals surface area contributed by atoms with E-state index in [0.29, 0.717) is 34.7 Å². The summed E-state index contributed by atoms with van der Waals surface area (Å²) >= 11 is 7.60. The maximum Gasteiger partial charge on any atom is 0.255 e. The number of carbonyl (C=O) groups excluding carboxylic acids is 2. The molecule has 0 aliphatic heterocycles. The van der Waals surface area contributed by atoms with Gasteiger partial charge in [0.25, 0.3) is 5.91 Å². The van der Waals surface area contributed by atoms with Gasteiger partial charge in [-0.3, -0.25) is 9.59 Å². The fourth-order valence-electron chi connectivity index (χ4n) is 3.90. The first-order chi connectivity index (χ1) is 14.0. The molecular formula is C21H26ClN3O3S. The van der Waals surface area contributed by atoms with Crippen molar-refractivity contribution in [3.8, 4) is 5.75 Å². The van der Waals surface area contributed by atoms with Gasteiger partial charge in [0.2, 0.25) is 5.91 Å². The third-order valence-electron chi connectivity index (χ3n) is 5.40. The molecule has 3 rings (SSSR count). The van der Waals surface area contributed by atoms with Crippen LogP contribution in [0.25, 0.3) is 0 Å². The third kappa shape index (κ3) is 5.70. The van der Waals surface area contributed by atoms with E-state index in [-0.39, 0.29) is 17.9 Å². The minimum Gasteiger partial charge on any atom is -0.496 e. The van der Waals surface area contributed by atoms with Crippen molar-refractivity contribution in [1.29, 1.82) is 0 Å². The first kappa shape index (κ1) is 21.6. The van der Waals surface area contributed by atoms with Crippen molar-refractivity contribution in [2.24, 2.45) is 11.8 Å². The van der Waals surface area contributed by atoms with Crippen molar-refractivity contribution in [2.45, 2.75) is 38.6 Å². The zero-order valence-electron chi connectivity index (χ0n) is 16.6. The first-order valence-corrected chi connectivity index (χ1v) is 11.0. The Balaban J connectivity index is 1.54. The lowest BCUT2D eigenvalue weighted by Crippen LogP contribution is -2.36. The highest BCUT2D eigenvalue weighted by Crippen LogP contribution is 2.37. The van der Waals surface area contributed by atoms with Crippen LogP contribution in [0.4, 0.5) is 0 Å². The number of hydrogen-bond donors (Lipinski definition) is 2. The van der Waals surface area contributed by atoms with Crippen molar-refractivity contribution in [3.63, 3.8) is 0 Å². The van der Waals surface area contributed by atoms with E-state index in [4.69, 9.17) is 16.3 Å². The third-order valence-corrected chi connectivity index (χ3v) is 6.49. The highest BCUT2D eigenvalue weighted by atomic mass is 35.5. The highest BCUT2D eigenvalue weighted by molar-refractivity contribution is 7.09. The van der Waals surface area contributed by atoms with Crippen molar-refractivity contribution >= 4 is 34.8 Å². The Morgan fingerprint density at radius 2 is 2.07 bits per heavy atom. The number of carbonyl (C=O) groups is 2. The number of benzene rings is 1. The molecule has 2 aromatic rings. The van der Waals surface area contributed by atoms with Crippen LogP contribution in [0.1, 0.15) is 54.0 Å². The molecule has 2 amide bonds. The lowest BCUT2D eigenvalue weighted by atomic mass is 9.78. The topological polar surface area (TPSA) is 80.3 Å². The SMILES string of the molecule is COc1ccc(Cl)cc1C(=O)NCC1CCC([C@H](NC(C)=O)c2nccs2)CC1. The molecule has 156 valence electrons. The summed E-state index contributed by atoms with van der Waals surface area (Å²) in [6.45, 7) is 2.16. The molecule has 0 unspecified atom stereocenters. The van der Waals surface area contributed by atoms with E-state index >= 15 is 0 Å². The van der Waals surface area contributed by atoms with Crippen molar-refractivity contribution in [1.82, 2.24) is 15.6 Å². The van der Waals surface area contributed by atoms with Gasteiger partial charge in [-0.15, -0.1) is 11.3 Å². The van der Waals surface area contributed by atoms with E-state index in [2.05, 4.69) is 15.6 Å². The molecule has 2 N–H and O–H groups in total. The van der Waals surface area contributed by atoms with Gasteiger partial charge in [-0.1, -0.05) is 11.6 Å². The number of aromatic nitrogens is 1. The molecule has 1 aliphatic carbocycles. The van der Waals surface area contributed by atoms with Crippen LogP contribution in [0, 0.1) is 11.8 Å². The second-order valence-electron chi connectivity index (χ2n) is 7.38. The quantitative estimate of drug-likeness (QED) is 0.682. The molecular weight excluding hydrogens is 410 g/mol. The predicted octanol–water partition coefficient (Wildman–Crippen LogP) is 4.22. The van der Waals surface area contributed by atoms with Gasteiger partial charge in [-0.25, -0.2) is 4.98 Å². The van der Waals surface area contributed by atoms with E-state index in [1.54, 1.807) is 42.7 Å². The van der Waals surface area contributed by atoms with E-state index in [0.717, 1.165) is 30.7 Å². The van der Waals surface area contributed by atoms with E-state index in [9.17, 15) is 9.59 Å². The van der Waals surface area contributed by atoms with E-state index in [1.165, 1.54) is 7.11 Å². The van der Waals surface area contributed by atoms with Crippen LogP contribution in [-0.2, 0) is 4.79 Å². The Morgan fingerprint density at radius 1 is 1.31 bits per heavy atom. The number of amides is 2. The molecule has 1 fully saturated rings. The Bertz CT molecular complexity index is 836. The summed E-state index contributed by atoms with van der Waals surface area (Å²) < 4.78 is 5.26. The Morgan fingerprint density at radius 3 is 2.69 bits per heavy atom. The van der Waals surface area contributed by atoms with Gasteiger partial charge in [0.15, 0.2) is 0 Å². The van der Waals surface area contributed by atoms with Gasteiger partial charge >= 0.3 is 0 Å². The number of nitrogens with zero attached hydrogens (tertiary/aromatic N) is 1. The van der Waals surface area contributed by atoms with E-state index in [1.807, 2.05) is 5.38 Å². The van der Waals surface area contributed by atoms with Gasteiger partial charge in [0.1, 0.15) is 10.8 Å². The standard InChI is InChI=1S/C21H26ClN3O3S/c1-13(26)25-19(21-23-9-10-29-21)15-5-3-14(4-6-15)12-24-20(27)17-11-16(22)7-8-18(17)28-2/h7-11,14-15,19H,3-6,12H2,1-2H3,(H,24,27)(H,25,26)/t14?,15?,19-/m0/s1. The molecule has 0 radical (unpaired) electrons. The fraction of sp³-hybridized carbons (Fsp3) is 0.476. The number of nitrogens with one attached hydrogen (secondary N) is 2. The summed E-state index contributed by atoms with van der Waals surface area (Å²) in [7, 11) is 1.54. The van der Waals surface area contributed by atoms with Crippen molar-refractivity contribution in [3.05, 3.63) is 45.4 Å². The maximum atomic E-state index is 12.6. The van der Waals surface area contributed by atoms with Crippen molar-refractivity contribution < 1.29 is 14.3 Å². The molecule has 0 saturated heterocycles. The van der Waals surface area contributed by atoms with Crippen LogP contribution in [0.5, 0.6) is 5.75 Å². The average Bonchev–Trinajstić information content (AvgIpc) is 3.25. The van der Waals surface area contributed by atoms with Gasteiger partial charge in [-0.2, -0.15) is 0 Å². The molecule has 1 saturated carbocycles. The lowest BCUT2D eigenvalue weighted by Gasteiger charge is -2.33. The van der Waals surface area contributed by atoms with Gasteiger partial charge < -0.3 is 15.4 Å². The number of rotatable bonds is 7. The second kappa shape index (κ2) is 10.1. The van der Waals surface area contributed by atoms with Gasteiger partial charge in [0, 0.05) is 30.1 Å². The number of ether oxygens (including phenoxy) is 1. The molecule has 1 atom stereocenters. The molecule has 1 aliphatic rings. The lowest BCUT2D eigenvalue weighted by molar-refractivity contribution is -0.120. The number of hydrogen-bond acceptors (Lipinski definition) is 5. The van der Waals surface area contributed by atoms with Crippen LogP contribution < -0.4 is 15.4 Å². The van der Waals surface area contributed by atoms with Gasteiger partial charge in [-0.05, 0) is 55.7 Å². The number of methoxy groups -OCH3 is 1. The Hall–Kier alpha value is -2.12. The minimum atomic E-state index is -0.176. The zero-order chi connectivity index (χ0) is 20.8. The molecule has 6 nitrogen and oxygen atoms in total. The van der Waals surface area contributed by atoms with Crippen LogP contribution in [-0.4, -0.2) is 30.5 Å². The first-order valence-electron chi connectivity index (χ1n) is 9.76. The Labute approximate surface area is 180 Å².